The molecule has 0 unspecified atom stereocenters. The average molecular weight is 717 g/mol. The molecule has 262 valence electrons. The SMILES string of the molecule is c1ccc(N(c2ccccc2)c2ccc3ccc4c(N(c5cccc6c5oc5ccccc56)c5cccc6c5oc5ccccc56)ccc5ccc2c3c54)cc1. The van der Waals surface area contributed by atoms with Crippen molar-refractivity contribution in [3.63, 3.8) is 0 Å². The Morgan fingerprint density at radius 2 is 0.679 bits per heavy atom. The van der Waals surface area contributed by atoms with Crippen molar-refractivity contribution in [3.05, 3.63) is 194 Å². The molecule has 56 heavy (non-hydrogen) atoms. The minimum atomic E-state index is 0.830. The molecule has 0 aliphatic heterocycles. The molecule has 12 aromatic rings. The third-order valence-corrected chi connectivity index (χ3v) is 11.4. The Kier molecular flexibility index (Phi) is 6.60. The Balaban J connectivity index is 1.17. The fraction of sp³-hybridized carbons (Fsp3) is 0. The zero-order valence-electron chi connectivity index (χ0n) is 30.2. The summed E-state index contributed by atoms with van der Waals surface area (Å²) < 4.78 is 13.5. The number of para-hydroxylation sites is 6. The summed E-state index contributed by atoms with van der Waals surface area (Å²) in [6, 6.07) is 68.9. The van der Waals surface area contributed by atoms with Gasteiger partial charge in [-0.25, -0.2) is 0 Å². The maximum absolute atomic E-state index is 6.75. The van der Waals surface area contributed by atoms with Gasteiger partial charge in [0.05, 0.1) is 22.7 Å². The van der Waals surface area contributed by atoms with Crippen LogP contribution in [0.5, 0.6) is 0 Å². The highest BCUT2D eigenvalue weighted by atomic mass is 16.3. The van der Waals surface area contributed by atoms with Gasteiger partial charge in [0, 0.05) is 43.7 Å². The molecular weight excluding hydrogens is 685 g/mol. The molecule has 0 N–H and O–H groups in total. The van der Waals surface area contributed by atoms with E-state index < -0.39 is 0 Å². The van der Waals surface area contributed by atoms with Crippen LogP contribution in [0.2, 0.25) is 0 Å². The van der Waals surface area contributed by atoms with Crippen molar-refractivity contribution in [2.75, 3.05) is 9.80 Å². The highest BCUT2D eigenvalue weighted by Crippen LogP contribution is 2.50. The maximum atomic E-state index is 6.75. The van der Waals surface area contributed by atoms with Gasteiger partial charge >= 0.3 is 0 Å². The van der Waals surface area contributed by atoms with Crippen LogP contribution in [0.15, 0.2) is 203 Å². The minimum absolute atomic E-state index is 0.830. The van der Waals surface area contributed by atoms with Crippen LogP contribution >= 0.6 is 0 Å². The summed E-state index contributed by atoms with van der Waals surface area (Å²) in [5.74, 6) is 0. The lowest BCUT2D eigenvalue weighted by Crippen LogP contribution is -2.12. The van der Waals surface area contributed by atoms with Crippen molar-refractivity contribution >= 4 is 110 Å². The van der Waals surface area contributed by atoms with Crippen LogP contribution in [0.1, 0.15) is 0 Å². The molecule has 0 aliphatic carbocycles. The average Bonchev–Trinajstić information content (AvgIpc) is 3.84. The molecule has 0 saturated heterocycles. The van der Waals surface area contributed by atoms with Crippen molar-refractivity contribution in [1.29, 1.82) is 0 Å². The van der Waals surface area contributed by atoms with E-state index in [4.69, 9.17) is 8.83 Å². The fourth-order valence-corrected chi connectivity index (χ4v) is 8.95. The fourth-order valence-electron chi connectivity index (χ4n) is 8.95. The highest BCUT2D eigenvalue weighted by molar-refractivity contribution is 6.29. The van der Waals surface area contributed by atoms with E-state index in [2.05, 4.69) is 180 Å². The quantitative estimate of drug-likeness (QED) is 0.160. The van der Waals surface area contributed by atoms with Crippen LogP contribution in [0.3, 0.4) is 0 Å². The number of fused-ring (bicyclic) bond motifs is 6. The second-order valence-electron chi connectivity index (χ2n) is 14.4. The number of furan rings is 2. The molecule has 2 heterocycles. The van der Waals surface area contributed by atoms with Crippen molar-refractivity contribution in [1.82, 2.24) is 0 Å². The molecule has 12 rings (SSSR count). The summed E-state index contributed by atoms with van der Waals surface area (Å²) in [6.45, 7) is 0. The summed E-state index contributed by atoms with van der Waals surface area (Å²) in [7, 11) is 0. The van der Waals surface area contributed by atoms with Gasteiger partial charge in [-0.2, -0.15) is 0 Å². The van der Waals surface area contributed by atoms with E-state index in [1.807, 2.05) is 24.3 Å². The van der Waals surface area contributed by atoms with Crippen LogP contribution < -0.4 is 9.80 Å². The summed E-state index contributed by atoms with van der Waals surface area (Å²) in [5, 5.41) is 11.5. The lowest BCUT2D eigenvalue weighted by molar-refractivity contribution is 0.666. The van der Waals surface area contributed by atoms with Crippen molar-refractivity contribution in [3.8, 4) is 0 Å². The zero-order chi connectivity index (χ0) is 36.7. The highest BCUT2D eigenvalue weighted by Gasteiger charge is 2.26. The third-order valence-electron chi connectivity index (χ3n) is 11.4. The molecule has 0 spiro atoms. The molecule has 10 aromatic carbocycles. The number of hydrogen-bond acceptors (Lipinski definition) is 4. The Morgan fingerprint density at radius 3 is 1.18 bits per heavy atom. The standard InChI is InChI=1S/C52H32N2O2/c1-3-13-35(14-4-1)53(36-15-5-2-6-16-36)43-31-27-33-26-30-42-44(32-28-34-25-29-41(43)49(33)50(34)42)54(45-21-11-19-39-37-17-7-9-23-47(37)55-51(39)45)46-22-12-20-40-38-18-8-10-24-48(38)56-52(40)46/h1-32H. The molecule has 0 amide bonds. The Morgan fingerprint density at radius 1 is 0.268 bits per heavy atom. The molecule has 4 heteroatoms. The van der Waals surface area contributed by atoms with Gasteiger partial charge < -0.3 is 18.6 Å². The van der Waals surface area contributed by atoms with Gasteiger partial charge in [-0.15, -0.1) is 0 Å². The van der Waals surface area contributed by atoms with Gasteiger partial charge in [-0.3, -0.25) is 0 Å². The number of hydrogen-bond donors (Lipinski definition) is 0. The Hall–Kier alpha value is -7.56. The van der Waals surface area contributed by atoms with Crippen LogP contribution in [0.4, 0.5) is 34.1 Å². The van der Waals surface area contributed by atoms with E-state index >= 15 is 0 Å². The predicted octanol–water partition coefficient (Wildman–Crippen LogP) is 15.3. The normalized spacial score (nSPS) is 11.9. The molecule has 4 nitrogen and oxygen atoms in total. The molecule has 0 radical (unpaired) electrons. The second-order valence-corrected chi connectivity index (χ2v) is 14.4. The lowest BCUT2D eigenvalue weighted by atomic mass is 9.91. The lowest BCUT2D eigenvalue weighted by Gasteiger charge is -2.29. The molecular formula is C52H32N2O2. The van der Waals surface area contributed by atoms with Gasteiger partial charge in [-0.1, -0.05) is 133 Å². The first-order chi connectivity index (χ1) is 27.8. The van der Waals surface area contributed by atoms with E-state index in [0.717, 1.165) is 83.4 Å². The van der Waals surface area contributed by atoms with E-state index in [0.29, 0.717) is 0 Å². The van der Waals surface area contributed by atoms with Gasteiger partial charge in [0.25, 0.3) is 0 Å². The van der Waals surface area contributed by atoms with E-state index in [9.17, 15) is 0 Å². The molecule has 0 atom stereocenters. The minimum Gasteiger partial charge on any atom is -0.454 e. The van der Waals surface area contributed by atoms with Crippen LogP contribution in [0, 0.1) is 0 Å². The first-order valence-electron chi connectivity index (χ1n) is 19.0. The molecule has 0 saturated carbocycles. The predicted molar refractivity (Wildman–Crippen MR) is 234 cm³/mol. The second kappa shape index (κ2) is 12.0. The molecule has 0 bridgehead atoms. The van der Waals surface area contributed by atoms with E-state index in [1.165, 1.54) is 26.9 Å². The van der Waals surface area contributed by atoms with Crippen molar-refractivity contribution < 1.29 is 8.83 Å². The monoisotopic (exact) mass is 716 g/mol. The van der Waals surface area contributed by atoms with E-state index in [1.54, 1.807) is 0 Å². The van der Waals surface area contributed by atoms with Crippen molar-refractivity contribution in [2.45, 2.75) is 0 Å². The number of benzene rings is 10. The number of rotatable bonds is 6. The van der Waals surface area contributed by atoms with Crippen LogP contribution in [-0.2, 0) is 0 Å². The van der Waals surface area contributed by atoms with Gasteiger partial charge in [-0.05, 0) is 82.2 Å². The first kappa shape index (κ1) is 30.9. The maximum Gasteiger partial charge on any atom is 0.159 e. The smallest absolute Gasteiger partial charge is 0.159 e. The summed E-state index contributed by atoms with van der Waals surface area (Å²) in [5.41, 5.74) is 9.67. The van der Waals surface area contributed by atoms with Crippen LogP contribution in [0.25, 0.3) is 76.2 Å². The molecule has 0 fully saturated rings. The molecule has 0 aliphatic rings. The zero-order valence-corrected chi connectivity index (χ0v) is 30.2. The van der Waals surface area contributed by atoms with Gasteiger partial charge in [0.2, 0.25) is 0 Å². The summed E-state index contributed by atoms with van der Waals surface area (Å²) >= 11 is 0. The number of nitrogens with zero attached hydrogens (tertiary/aromatic N) is 2. The topological polar surface area (TPSA) is 32.8 Å². The van der Waals surface area contributed by atoms with Crippen molar-refractivity contribution in [2.24, 2.45) is 0 Å². The first-order valence-corrected chi connectivity index (χ1v) is 19.0. The number of anilines is 6. The Bertz CT molecular complexity index is 3280. The van der Waals surface area contributed by atoms with Gasteiger partial charge in [0.1, 0.15) is 11.2 Å². The van der Waals surface area contributed by atoms with E-state index in [-0.39, 0.29) is 0 Å². The summed E-state index contributed by atoms with van der Waals surface area (Å²) in [6.07, 6.45) is 0. The van der Waals surface area contributed by atoms with Gasteiger partial charge in [0.15, 0.2) is 11.2 Å². The molecule has 2 aromatic heterocycles. The largest absolute Gasteiger partial charge is 0.454 e. The Labute approximate surface area is 322 Å². The van der Waals surface area contributed by atoms with Crippen LogP contribution in [-0.4, -0.2) is 0 Å². The third kappa shape index (κ3) is 4.47. The summed E-state index contributed by atoms with van der Waals surface area (Å²) in [4.78, 5) is 4.71.